The van der Waals surface area contributed by atoms with E-state index in [1.165, 1.54) is 11.6 Å². The Balaban J connectivity index is 1.68. The molecule has 5 heteroatoms. The molecular formula is C21H22FN3O. The number of aryl methyl sites for hydroxylation is 1. The van der Waals surface area contributed by atoms with Crippen molar-refractivity contribution >= 4 is 0 Å². The van der Waals surface area contributed by atoms with E-state index in [1.807, 2.05) is 42.2 Å². The van der Waals surface area contributed by atoms with Gasteiger partial charge in [0.2, 0.25) is 0 Å². The molecule has 1 aromatic heterocycles. The van der Waals surface area contributed by atoms with Gasteiger partial charge in [-0.2, -0.15) is 5.10 Å². The molecule has 0 spiro atoms. The molecule has 1 atom stereocenters. The van der Waals surface area contributed by atoms with E-state index in [9.17, 15) is 4.39 Å². The summed E-state index contributed by atoms with van der Waals surface area (Å²) in [6, 6.07) is 14.9. The van der Waals surface area contributed by atoms with Crippen molar-refractivity contribution < 1.29 is 9.13 Å². The molecule has 1 aliphatic rings. The largest absolute Gasteiger partial charge is 0.484 e. The third-order valence-corrected chi connectivity index (χ3v) is 5.04. The summed E-state index contributed by atoms with van der Waals surface area (Å²) >= 11 is 0. The number of hydrogen-bond donors (Lipinski definition) is 0. The Morgan fingerprint density at radius 1 is 1.15 bits per heavy atom. The van der Waals surface area contributed by atoms with Crippen LogP contribution in [0.25, 0.3) is 0 Å². The van der Waals surface area contributed by atoms with Gasteiger partial charge in [0.25, 0.3) is 0 Å². The molecule has 0 fully saturated rings. The van der Waals surface area contributed by atoms with E-state index >= 15 is 0 Å². The number of hydrogen-bond acceptors (Lipinski definition) is 3. The second kappa shape index (κ2) is 6.92. The molecule has 3 aromatic rings. The predicted octanol–water partition coefficient (Wildman–Crippen LogP) is 4.00. The smallest absolute Gasteiger partial charge is 0.139 e. The van der Waals surface area contributed by atoms with Crippen LogP contribution in [0.15, 0.2) is 54.7 Å². The minimum Gasteiger partial charge on any atom is -0.484 e. The van der Waals surface area contributed by atoms with E-state index in [0.29, 0.717) is 12.1 Å². The summed E-state index contributed by atoms with van der Waals surface area (Å²) in [5.74, 6) is 0.598. The number of halogens is 1. The summed E-state index contributed by atoms with van der Waals surface area (Å²) in [5, 5.41) is 4.34. The first-order valence-electron chi connectivity index (χ1n) is 8.80. The van der Waals surface area contributed by atoms with Gasteiger partial charge in [-0.1, -0.05) is 36.4 Å². The van der Waals surface area contributed by atoms with Crippen molar-refractivity contribution in [3.05, 3.63) is 82.9 Å². The number of fused-ring (bicyclic) bond motifs is 1. The van der Waals surface area contributed by atoms with Gasteiger partial charge in [-0.25, -0.2) is 4.39 Å². The highest BCUT2D eigenvalue weighted by Crippen LogP contribution is 2.32. The standard InChI is InChI=1S/C21H22FN3O/c1-15-17(11-23-24(15)2)13-25-12-16-7-3-6-10-20(16)26-21(14-25)18-8-4-5-9-19(18)22/h3-11,21H,12-14H2,1-2H3/t21-/m0/s1. The highest BCUT2D eigenvalue weighted by atomic mass is 19.1. The molecule has 0 radical (unpaired) electrons. The number of ether oxygens (including phenoxy) is 1. The number of benzene rings is 2. The molecule has 26 heavy (non-hydrogen) atoms. The lowest BCUT2D eigenvalue weighted by atomic mass is 10.1. The Hall–Kier alpha value is -2.66. The number of para-hydroxylation sites is 1. The second-order valence-electron chi connectivity index (χ2n) is 6.78. The third-order valence-electron chi connectivity index (χ3n) is 5.04. The van der Waals surface area contributed by atoms with Gasteiger partial charge in [0.05, 0.1) is 6.20 Å². The Morgan fingerprint density at radius 2 is 1.92 bits per heavy atom. The monoisotopic (exact) mass is 351 g/mol. The average molecular weight is 351 g/mol. The maximum absolute atomic E-state index is 14.4. The molecule has 1 aliphatic heterocycles. The van der Waals surface area contributed by atoms with Crippen molar-refractivity contribution in [2.75, 3.05) is 6.54 Å². The van der Waals surface area contributed by atoms with E-state index in [2.05, 4.69) is 23.0 Å². The quantitative estimate of drug-likeness (QED) is 0.714. The van der Waals surface area contributed by atoms with Gasteiger partial charge in [-0.05, 0) is 19.1 Å². The molecule has 0 aliphatic carbocycles. The Bertz CT molecular complexity index is 921. The van der Waals surface area contributed by atoms with Crippen LogP contribution in [0.5, 0.6) is 5.75 Å². The highest BCUT2D eigenvalue weighted by Gasteiger charge is 2.26. The lowest BCUT2D eigenvalue weighted by Crippen LogP contribution is -2.28. The summed E-state index contributed by atoms with van der Waals surface area (Å²) in [4.78, 5) is 2.30. The summed E-state index contributed by atoms with van der Waals surface area (Å²) in [6.45, 7) is 4.20. The fourth-order valence-corrected chi connectivity index (χ4v) is 3.44. The predicted molar refractivity (Wildman–Crippen MR) is 98.3 cm³/mol. The molecule has 0 saturated carbocycles. The van der Waals surface area contributed by atoms with Crippen molar-refractivity contribution in [2.45, 2.75) is 26.1 Å². The normalized spacial score (nSPS) is 17.4. The maximum Gasteiger partial charge on any atom is 0.139 e. The molecule has 134 valence electrons. The molecule has 0 bridgehead atoms. The zero-order chi connectivity index (χ0) is 18.1. The lowest BCUT2D eigenvalue weighted by molar-refractivity contribution is 0.140. The van der Waals surface area contributed by atoms with E-state index < -0.39 is 0 Å². The molecule has 0 amide bonds. The van der Waals surface area contributed by atoms with Crippen molar-refractivity contribution in [3.8, 4) is 5.75 Å². The number of aromatic nitrogens is 2. The van der Waals surface area contributed by atoms with Crippen LogP contribution >= 0.6 is 0 Å². The van der Waals surface area contributed by atoms with Crippen LogP contribution in [0.3, 0.4) is 0 Å². The molecule has 4 nitrogen and oxygen atoms in total. The molecular weight excluding hydrogens is 329 g/mol. The van der Waals surface area contributed by atoms with Gasteiger partial charge in [-0.3, -0.25) is 9.58 Å². The maximum atomic E-state index is 14.4. The molecule has 2 heterocycles. The zero-order valence-corrected chi connectivity index (χ0v) is 15.0. The summed E-state index contributed by atoms with van der Waals surface area (Å²) in [6.07, 6.45) is 1.56. The number of rotatable bonds is 3. The van der Waals surface area contributed by atoms with E-state index in [0.717, 1.165) is 30.1 Å². The molecule has 0 unspecified atom stereocenters. The SMILES string of the molecule is Cc1c(CN2Cc3ccccc3O[C@H](c3ccccc3F)C2)cnn1C. The van der Waals surface area contributed by atoms with E-state index in [4.69, 9.17) is 4.74 Å². The summed E-state index contributed by atoms with van der Waals surface area (Å²) in [5.41, 5.74) is 4.04. The van der Waals surface area contributed by atoms with Gasteiger partial charge in [-0.15, -0.1) is 0 Å². The first-order chi connectivity index (χ1) is 12.6. The lowest BCUT2D eigenvalue weighted by Gasteiger charge is -2.24. The fraction of sp³-hybridized carbons (Fsp3) is 0.286. The van der Waals surface area contributed by atoms with Crippen LogP contribution in [0.2, 0.25) is 0 Å². The van der Waals surface area contributed by atoms with Gasteiger partial charge in [0, 0.05) is 49.1 Å². The first kappa shape index (κ1) is 16.8. The number of nitrogens with zero attached hydrogens (tertiary/aromatic N) is 3. The van der Waals surface area contributed by atoms with Crippen molar-refractivity contribution in [2.24, 2.45) is 7.05 Å². The van der Waals surface area contributed by atoms with Gasteiger partial charge >= 0.3 is 0 Å². The van der Waals surface area contributed by atoms with E-state index in [1.54, 1.807) is 12.1 Å². The van der Waals surface area contributed by atoms with Crippen molar-refractivity contribution in [1.82, 2.24) is 14.7 Å². The second-order valence-corrected chi connectivity index (χ2v) is 6.78. The van der Waals surface area contributed by atoms with Gasteiger partial charge in [0.15, 0.2) is 0 Å². The molecule has 2 aromatic carbocycles. The Labute approximate surface area is 152 Å². The molecule has 4 rings (SSSR count). The van der Waals surface area contributed by atoms with Crippen LogP contribution in [0.1, 0.15) is 28.5 Å². The zero-order valence-electron chi connectivity index (χ0n) is 15.0. The molecule has 0 N–H and O–H groups in total. The Morgan fingerprint density at radius 3 is 2.69 bits per heavy atom. The van der Waals surface area contributed by atoms with Crippen LogP contribution in [-0.4, -0.2) is 21.2 Å². The average Bonchev–Trinajstić information content (AvgIpc) is 2.85. The minimum absolute atomic E-state index is 0.227. The topological polar surface area (TPSA) is 30.3 Å². The first-order valence-corrected chi connectivity index (χ1v) is 8.80. The van der Waals surface area contributed by atoms with Crippen LogP contribution in [-0.2, 0) is 20.1 Å². The van der Waals surface area contributed by atoms with Crippen molar-refractivity contribution in [1.29, 1.82) is 0 Å². The van der Waals surface area contributed by atoms with Gasteiger partial charge < -0.3 is 4.74 Å². The van der Waals surface area contributed by atoms with Crippen LogP contribution < -0.4 is 4.74 Å². The highest BCUT2D eigenvalue weighted by molar-refractivity contribution is 5.35. The summed E-state index contributed by atoms with van der Waals surface area (Å²) in [7, 11) is 1.95. The van der Waals surface area contributed by atoms with Crippen LogP contribution in [0, 0.1) is 12.7 Å². The Kier molecular flexibility index (Phi) is 4.47. The minimum atomic E-state index is -0.350. The van der Waals surface area contributed by atoms with Gasteiger partial charge in [0.1, 0.15) is 17.7 Å². The van der Waals surface area contributed by atoms with Crippen molar-refractivity contribution in [3.63, 3.8) is 0 Å². The third kappa shape index (κ3) is 3.22. The van der Waals surface area contributed by atoms with E-state index in [-0.39, 0.29) is 11.9 Å². The molecule has 0 saturated heterocycles. The van der Waals surface area contributed by atoms with Crippen LogP contribution in [0.4, 0.5) is 4.39 Å². The fourth-order valence-electron chi connectivity index (χ4n) is 3.44. The summed E-state index contributed by atoms with van der Waals surface area (Å²) < 4.78 is 22.5.